The summed E-state index contributed by atoms with van der Waals surface area (Å²) in [7, 11) is 2.13. The summed E-state index contributed by atoms with van der Waals surface area (Å²) in [5, 5.41) is 17.9. The Morgan fingerprint density at radius 2 is 2.11 bits per heavy atom. The van der Waals surface area contributed by atoms with Crippen LogP contribution in [0.2, 0.25) is 0 Å². The Morgan fingerprint density at radius 1 is 1.42 bits per heavy atom. The average molecular weight is 284 g/mol. The number of piperidine rings is 1. The number of hydrogen-bond donors (Lipinski definition) is 1. The number of aliphatic carboxylic acids is 1. The molecule has 0 spiro atoms. The largest absolute Gasteiger partial charge is 0.481 e. The Kier molecular flexibility index (Phi) is 4.81. The first-order valence-corrected chi connectivity index (χ1v) is 7.57. The fourth-order valence-corrected chi connectivity index (χ4v) is 3.14. The van der Waals surface area contributed by atoms with Gasteiger partial charge in [0.1, 0.15) is 5.82 Å². The van der Waals surface area contributed by atoms with E-state index in [1.807, 2.05) is 0 Å². The van der Waals surface area contributed by atoms with Gasteiger partial charge in [-0.05, 0) is 33.0 Å². The summed E-state index contributed by atoms with van der Waals surface area (Å²) >= 11 is 1.26. The van der Waals surface area contributed by atoms with E-state index in [-0.39, 0.29) is 5.75 Å². The normalized spacial score (nSPS) is 17.8. The molecule has 0 atom stereocenters. The summed E-state index contributed by atoms with van der Waals surface area (Å²) in [4.78, 5) is 13.0. The van der Waals surface area contributed by atoms with Crippen molar-refractivity contribution in [3.63, 3.8) is 0 Å². The maximum atomic E-state index is 10.7. The van der Waals surface area contributed by atoms with Crippen LogP contribution in [-0.2, 0) is 11.2 Å². The van der Waals surface area contributed by atoms with Crippen LogP contribution >= 0.6 is 11.8 Å². The van der Waals surface area contributed by atoms with E-state index in [4.69, 9.17) is 5.11 Å². The highest BCUT2D eigenvalue weighted by Crippen LogP contribution is 2.28. The third-order valence-electron chi connectivity index (χ3n) is 3.43. The van der Waals surface area contributed by atoms with Gasteiger partial charge in [0.2, 0.25) is 0 Å². The molecule has 0 radical (unpaired) electrons. The Balaban J connectivity index is 2.16. The van der Waals surface area contributed by atoms with Crippen molar-refractivity contribution in [2.75, 3.05) is 25.9 Å². The minimum atomic E-state index is -0.819. The first-order chi connectivity index (χ1) is 9.11. The van der Waals surface area contributed by atoms with E-state index in [0.717, 1.165) is 43.3 Å². The molecule has 7 heteroatoms. The van der Waals surface area contributed by atoms with Gasteiger partial charge in [0.15, 0.2) is 5.16 Å². The number of aryl methyl sites for hydroxylation is 1. The van der Waals surface area contributed by atoms with E-state index in [2.05, 4.69) is 33.6 Å². The summed E-state index contributed by atoms with van der Waals surface area (Å²) < 4.78 is 2.15. The Bertz CT molecular complexity index is 441. The molecular formula is C12H20N4O2S. The Labute approximate surface area is 117 Å². The zero-order valence-electron chi connectivity index (χ0n) is 11.4. The first kappa shape index (κ1) is 14.3. The van der Waals surface area contributed by atoms with E-state index in [1.54, 1.807) is 0 Å². The lowest BCUT2D eigenvalue weighted by molar-refractivity contribution is -0.133. The van der Waals surface area contributed by atoms with Crippen LogP contribution in [0.1, 0.15) is 31.6 Å². The maximum absolute atomic E-state index is 10.7. The first-order valence-electron chi connectivity index (χ1n) is 6.58. The van der Waals surface area contributed by atoms with E-state index >= 15 is 0 Å². The SMILES string of the molecule is CCc1nnc(SCC(=O)O)n1C1CCN(C)CC1. The second-order valence-corrected chi connectivity index (χ2v) is 5.78. The molecule has 0 aromatic carbocycles. The van der Waals surface area contributed by atoms with Crippen LogP contribution in [0.25, 0.3) is 0 Å². The second kappa shape index (κ2) is 6.38. The van der Waals surface area contributed by atoms with Gasteiger partial charge in [-0.25, -0.2) is 0 Å². The number of aromatic nitrogens is 3. The molecule has 0 unspecified atom stereocenters. The van der Waals surface area contributed by atoms with E-state index < -0.39 is 5.97 Å². The molecule has 1 saturated heterocycles. The molecule has 6 nitrogen and oxygen atoms in total. The van der Waals surface area contributed by atoms with Crippen molar-refractivity contribution < 1.29 is 9.90 Å². The van der Waals surface area contributed by atoms with Gasteiger partial charge < -0.3 is 14.6 Å². The number of likely N-dealkylation sites (tertiary alicyclic amines) is 1. The third kappa shape index (κ3) is 3.48. The Morgan fingerprint density at radius 3 is 2.68 bits per heavy atom. The minimum absolute atomic E-state index is 0.0362. The summed E-state index contributed by atoms with van der Waals surface area (Å²) in [5.74, 6) is 0.178. The fraction of sp³-hybridized carbons (Fsp3) is 0.750. The van der Waals surface area contributed by atoms with Crippen LogP contribution in [0.5, 0.6) is 0 Å². The molecule has 1 N–H and O–H groups in total. The van der Waals surface area contributed by atoms with Crippen molar-refractivity contribution >= 4 is 17.7 Å². The summed E-state index contributed by atoms with van der Waals surface area (Å²) in [6.45, 7) is 4.19. The minimum Gasteiger partial charge on any atom is -0.481 e. The molecule has 0 saturated carbocycles. The highest BCUT2D eigenvalue weighted by Gasteiger charge is 2.24. The molecule has 0 aliphatic carbocycles. The summed E-state index contributed by atoms with van der Waals surface area (Å²) in [6.07, 6.45) is 2.97. The zero-order valence-corrected chi connectivity index (χ0v) is 12.2. The molecular weight excluding hydrogens is 264 g/mol. The van der Waals surface area contributed by atoms with Crippen LogP contribution in [0.4, 0.5) is 0 Å². The molecule has 0 amide bonds. The molecule has 0 bridgehead atoms. The molecule has 2 rings (SSSR count). The van der Waals surface area contributed by atoms with Crippen LogP contribution < -0.4 is 0 Å². The molecule has 1 aliphatic heterocycles. The quantitative estimate of drug-likeness (QED) is 0.821. The van der Waals surface area contributed by atoms with Crippen LogP contribution in [-0.4, -0.2) is 56.6 Å². The third-order valence-corrected chi connectivity index (χ3v) is 4.36. The van der Waals surface area contributed by atoms with E-state index in [1.165, 1.54) is 11.8 Å². The monoisotopic (exact) mass is 284 g/mol. The van der Waals surface area contributed by atoms with Crippen molar-refractivity contribution in [2.24, 2.45) is 0 Å². The molecule has 1 fully saturated rings. The van der Waals surface area contributed by atoms with Gasteiger partial charge in [-0.1, -0.05) is 18.7 Å². The van der Waals surface area contributed by atoms with E-state index in [0.29, 0.717) is 6.04 Å². The van der Waals surface area contributed by atoms with Crippen molar-refractivity contribution in [1.29, 1.82) is 0 Å². The van der Waals surface area contributed by atoms with E-state index in [9.17, 15) is 4.79 Å². The molecule has 1 aromatic rings. The van der Waals surface area contributed by atoms with Gasteiger partial charge >= 0.3 is 5.97 Å². The highest BCUT2D eigenvalue weighted by molar-refractivity contribution is 7.99. The van der Waals surface area contributed by atoms with Gasteiger partial charge in [0.05, 0.1) is 5.75 Å². The van der Waals surface area contributed by atoms with Crippen LogP contribution in [0, 0.1) is 0 Å². The highest BCUT2D eigenvalue weighted by atomic mass is 32.2. The van der Waals surface area contributed by atoms with Gasteiger partial charge in [0.25, 0.3) is 0 Å². The van der Waals surface area contributed by atoms with Gasteiger partial charge in [0, 0.05) is 12.5 Å². The number of carbonyl (C=O) groups is 1. The predicted molar refractivity (Wildman–Crippen MR) is 73.5 cm³/mol. The number of hydrogen-bond acceptors (Lipinski definition) is 5. The standard InChI is InChI=1S/C12H20N4O2S/c1-3-10-13-14-12(19-8-11(17)18)16(10)9-4-6-15(2)7-5-9/h9H,3-8H2,1-2H3,(H,17,18). The maximum Gasteiger partial charge on any atom is 0.313 e. The van der Waals surface area contributed by atoms with Crippen molar-refractivity contribution in [3.8, 4) is 0 Å². The summed E-state index contributed by atoms with van der Waals surface area (Å²) in [6, 6.07) is 0.400. The number of rotatable bonds is 5. The topological polar surface area (TPSA) is 71.2 Å². The van der Waals surface area contributed by atoms with Crippen molar-refractivity contribution in [2.45, 2.75) is 37.4 Å². The van der Waals surface area contributed by atoms with Crippen molar-refractivity contribution in [3.05, 3.63) is 5.82 Å². The number of carboxylic acid groups (broad SMARTS) is 1. The molecule has 19 heavy (non-hydrogen) atoms. The number of thioether (sulfide) groups is 1. The molecule has 2 heterocycles. The Hall–Kier alpha value is -1.08. The lowest BCUT2D eigenvalue weighted by Crippen LogP contribution is -2.32. The fourth-order valence-electron chi connectivity index (χ4n) is 2.39. The smallest absolute Gasteiger partial charge is 0.313 e. The second-order valence-electron chi connectivity index (χ2n) is 4.84. The molecule has 1 aromatic heterocycles. The van der Waals surface area contributed by atoms with Gasteiger partial charge in [-0.3, -0.25) is 4.79 Å². The number of nitrogens with zero attached hydrogens (tertiary/aromatic N) is 4. The molecule has 1 aliphatic rings. The average Bonchev–Trinajstić information content (AvgIpc) is 2.80. The van der Waals surface area contributed by atoms with Crippen LogP contribution in [0.3, 0.4) is 0 Å². The summed E-state index contributed by atoms with van der Waals surface area (Å²) in [5.41, 5.74) is 0. The number of carboxylic acids is 1. The predicted octanol–water partition coefficient (Wildman–Crippen LogP) is 1.28. The molecule has 106 valence electrons. The van der Waals surface area contributed by atoms with Gasteiger partial charge in [-0.15, -0.1) is 10.2 Å². The van der Waals surface area contributed by atoms with Crippen LogP contribution in [0.15, 0.2) is 5.16 Å². The lowest BCUT2D eigenvalue weighted by atomic mass is 10.1. The zero-order chi connectivity index (χ0) is 13.8. The lowest BCUT2D eigenvalue weighted by Gasteiger charge is -2.31. The van der Waals surface area contributed by atoms with Gasteiger partial charge in [-0.2, -0.15) is 0 Å². The van der Waals surface area contributed by atoms with Crippen molar-refractivity contribution in [1.82, 2.24) is 19.7 Å².